The third-order valence-corrected chi connectivity index (χ3v) is 28.1. The van der Waals surface area contributed by atoms with Gasteiger partial charge in [-0.15, -0.1) is 0 Å². The molecule has 1 aliphatic rings. The molecule has 0 radical (unpaired) electrons. The van der Waals surface area contributed by atoms with Gasteiger partial charge in [-0.25, -0.2) is 4.79 Å². The summed E-state index contributed by atoms with van der Waals surface area (Å²) < 4.78 is 28.1. The molecule has 0 amide bonds. The summed E-state index contributed by atoms with van der Waals surface area (Å²) in [6.07, 6.45) is 20.8. The number of ether oxygens (including phenoxy) is 1. The number of allylic oxidation sites excluding steroid dienone is 4. The normalized spacial score (nSPS) is 30.8. The van der Waals surface area contributed by atoms with Gasteiger partial charge < -0.3 is 23.1 Å². The van der Waals surface area contributed by atoms with Crippen molar-refractivity contribution in [2.75, 3.05) is 0 Å². The van der Waals surface area contributed by atoms with Gasteiger partial charge in [0.1, 0.15) is 6.10 Å². The van der Waals surface area contributed by atoms with Crippen molar-refractivity contribution in [2.45, 2.75) is 214 Å². The smallest absolute Gasteiger partial charge is 0.331 e. The summed E-state index contributed by atoms with van der Waals surface area (Å²) in [5.74, 6) is 0.129. The van der Waals surface area contributed by atoms with Gasteiger partial charge in [-0.2, -0.15) is 0 Å². The molecule has 0 aromatic heterocycles. The molecule has 0 saturated carbocycles. The Morgan fingerprint density at radius 1 is 0.810 bits per heavy atom. The van der Waals surface area contributed by atoms with Crippen molar-refractivity contribution in [3.8, 4) is 0 Å². The predicted molar refractivity (Wildman–Crippen MR) is 258 cm³/mol. The van der Waals surface area contributed by atoms with Crippen molar-refractivity contribution < 1.29 is 27.9 Å². The second kappa shape index (κ2) is 26.2. The van der Waals surface area contributed by atoms with E-state index in [0.717, 1.165) is 61.9 Å². The number of rotatable bonds is 15. The van der Waals surface area contributed by atoms with Crippen LogP contribution in [0.1, 0.15) is 129 Å². The van der Waals surface area contributed by atoms with Crippen LogP contribution in [-0.2, 0) is 22.8 Å². The van der Waals surface area contributed by atoms with E-state index in [1.807, 2.05) is 18.2 Å². The maximum atomic E-state index is 13.6. The van der Waals surface area contributed by atoms with Gasteiger partial charge in [-0.05, 0) is 85.0 Å². The summed E-state index contributed by atoms with van der Waals surface area (Å²) in [5, 5.41) is 11.6. The van der Waals surface area contributed by atoms with Crippen molar-refractivity contribution in [3.63, 3.8) is 0 Å². The Hall–Kier alpha value is -1.34. The molecule has 0 spiro atoms. The zero-order chi connectivity index (χ0) is 44.3. The fourth-order valence-corrected chi connectivity index (χ4v) is 15.8. The minimum Gasteiger partial charge on any atom is -0.458 e. The zero-order valence-electron chi connectivity index (χ0n) is 40.4. The molecule has 6 nitrogen and oxygen atoms in total. The van der Waals surface area contributed by atoms with Gasteiger partial charge >= 0.3 is 5.97 Å². The highest BCUT2D eigenvalue weighted by Crippen LogP contribution is 2.39. The summed E-state index contributed by atoms with van der Waals surface area (Å²) >= 11 is 0. The van der Waals surface area contributed by atoms with Crippen molar-refractivity contribution in [3.05, 3.63) is 61.3 Å². The second-order valence-corrected chi connectivity index (χ2v) is 33.5. The molecule has 0 bridgehead atoms. The van der Waals surface area contributed by atoms with Crippen LogP contribution in [0.3, 0.4) is 0 Å². The highest BCUT2D eigenvalue weighted by Gasteiger charge is 2.41. The van der Waals surface area contributed by atoms with Crippen LogP contribution in [0.15, 0.2) is 61.3 Å². The lowest BCUT2D eigenvalue weighted by Crippen LogP contribution is -2.46. The van der Waals surface area contributed by atoms with Crippen LogP contribution in [0.5, 0.6) is 0 Å². The van der Waals surface area contributed by atoms with E-state index in [9.17, 15) is 9.90 Å². The number of cyclic esters (lactones) is 1. The van der Waals surface area contributed by atoms with E-state index in [1.165, 1.54) is 6.08 Å². The van der Waals surface area contributed by atoms with E-state index < -0.39 is 31.1 Å². The standard InChI is InChI=1S/C49H92O6Si3/c1-18-25-30-40(10)48-42(12)44(54-57(19-2,20-3)21-4)33-28-26-32-39(9)47(55-58(22-5,23-6)24-7)41(11)35-36-43(50)37-45(53-56(16,17)49(13,14)15)38(8)31-27-29-34-46(51)52-48/h18,25,27,29-31,34-36,38-45,47-48,50H,1,19-24,26,28,32-33,37H2,2-17H3/b30-25-,31-27+,34-29-,36-35-/t38-,39+,40+,41+,42+,43-,44-,45+,47-,48+/m1/s1. The fourth-order valence-electron chi connectivity index (χ4n) is 8.35. The highest BCUT2D eigenvalue weighted by atomic mass is 28.4. The molecular formula is C49H92O6Si3. The summed E-state index contributed by atoms with van der Waals surface area (Å²) in [6.45, 7) is 40.1. The number of carbonyl (C=O) groups is 1. The number of hydrogen-bond acceptors (Lipinski definition) is 6. The van der Waals surface area contributed by atoms with Gasteiger partial charge in [-0.1, -0.05) is 165 Å². The number of aliphatic hydroxyl groups is 1. The van der Waals surface area contributed by atoms with Crippen LogP contribution in [0.2, 0.25) is 54.4 Å². The molecule has 58 heavy (non-hydrogen) atoms. The minimum absolute atomic E-state index is 0.00406. The summed E-state index contributed by atoms with van der Waals surface area (Å²) in [6, 6.07) is 6.54. The van der Waals surface area contributed by atoms with Crippen LogP contribution < -0.4 is 0 Å². The molecule has 0 saturated heterocycles. The highest BCUT2D eigenvalue weighted by molar-refractivity contribution is 6.74. The Morgan fingerprint density at radius 2 is 1.36 bits per heavy atom. The Balaban J connectivity index is 3.85. The number of esters is 1. The Kier molecular flexibility index (Phi) is 24.7. The lowest BCUT2D eigenvalue weighted by atomic mass is 9.85. The molecule has 1 heterocycles. The first-order valence-corrected chi connectivity index (χ1v) is 31.4. The molecule has 10 atom stereocenters. The maximum absolute atomic E-state index is 13.6. The van der Waals surface area contributed by atoms with Gasteiger partial charge in [-0.3, -0.25) is 0 Å². The van der Waals surface area contributed by atoms with E-state index in [0.29, 0.717) is 12.3 Å². The molecule has 0 fully saturated rings. The summed E-state index contributed by atoms with van der Waals surface area (Å²) in [7, 11) is -6.05. The average molecular weight is 862 g/mol. The van der Waals surface area contributed by atoms with Crippen molar-refractivity contribution in [1.29, 1.82) is 0 Å². The lowest BCUT2D eigenvalue weighted by Gasteiger charge is -2.41. The molecule has 0 aromatic carbocycles. The minimum atomic E-state index is -2.16. The molecule has 1 N–H and O–H groups in total. The van der Waals surface area contributed by atoms with E-state index in [2.05, 4.69) is 135 Å². The molecular weight excluding hydrogens is 769 g/mol. The molecule has 336 valence electrons. The summed E-state index contributed by atoms with van der Waals surface area (Å²) in [4.78, 5) is 13.6. The SMILES string of the molecule is C=C/C=C\[C@H](C)[C@@H]1OC(=O)/C=C\C=C\[C@@H](C)[C@@H](O[Si](C)(C)C(C)(C)C)C[C@H](O)/C=C\[C@H](C)[C@H](O[Si](CC)(CC)CC)[C@@H](C)CCCC[C@@H](O[Si](CC)(CC)CC)[C@@H]1C. The van der Waals surface area contributed by atoms with Gasteiger partial charge in [0, 0.05) is 24.3 Å². The molecule has 0 aromatic rings. The maximum Gasteiger partial charge on any atom is 0.331 e. The Morgan fingerprint density at radius 3 is 1.90 bits per heavy atom. The van der Waals surface area contributed by atoms with Gasteiger partial charge in [0.25, 0.3) is 0 Å². The van der Waals surface area contributed by atoms with E-state index in [4.69, 9.17) is 18.0 Å². The lowest BCUT2D eigenvalue weighted by molar-refractivity contribution is -0.150. The molecule has 0 aliphatic carbocycles. The number of aliphatic hydroxyl groups excluding tert-OH is 1. The molecule has 1 rings (SSSR count). The van der Waals surface area contributed by atoms with Crippen molar-refractivity contribution in [1.82, 2.24) is 0 Å². The topological polar surface area (TPSA) is 74.2 Å². The number of hydrogen-bond donors (Lipinski definition) is 1. The zero-order valence-corrected chi connectivity index (χ0v) is 43.4. The van der Waals surface area contributed by atoms with Crippen LogP contribution in [-0.4, -0.2) is 66.5 Å². The second-order valence-electron chi connectivity index (χ2n) is 19.3. The molecule has 0 unspecified atom stereocenters. The van der Waals surface area contributed by atoms with Crippen molar-refractivity contribution >= 4 is 30.9 Å². The number of carbonyl (C=O) groups excluding carboxylic acids is 1. The van der Waals surface area contributed by atoms with E-state index in [-0.39, 0.29) is 59.1 Å². The quantitative estimate of drug-likeness (QED) is 0.0765. The first-order chi connectivity index (χ1) is 27.1. The largest absolute Gasteiger partial charge is 0.458 e. The first-order valence-electron chi connectivity index (χ1n) is 23.4. The molecule has 9 heteroatoms. The van der Waals surface area contributed by atoms with Crippen LogP contribution in [0, 0.1) is 29.6 Å². The summed E-state index contributed by atoms with van der Waals surface area (Å²) in [5.41, 5.74) is 0. The van der Waals surface area contributed by atoms with Gasteiger partial charge in [0.2, 0.25) is 0 Å². The van der Waals surface area contributed by atoms with Gasteiger partial charge in [0.15, 0.2) is 25.0 Å². The average Bonchev–Trinajstić information content (AvgIpc) is 3.18. The van der Waals surface area contributed by atoms with Gasteiger partial charge in [0.05, 0.1) is 24.4 Å². The van der Waals surface area contributed by atoms with Crippen LogP contribution in [0.4, 0.5) is 0 Å². The fraction of sp³-hybridized carbons (Fsp3) is 0.776. The van der Waals surface area contributed by atoms with E-state index in [1.54, 1.807) is 12.2 Å². The van der Waals surface area contributed by atoms with Crippen LogP contribution >= 0.6 is 0 Å². The monoisotopic (exact) mass is 861 g/mol. The first kappa shape index (κ1) is 54.7. The molecule has 1 aliphatic heterocycles. The third-order valence-electron chi connectivity index (χ3n) is 14.3. The Bertz CT molecular complexity index is 1280. The Labute approximate surface area is 362 Å². The third kappa shape index (κ3) is 17.2. The van der Waals surface area contributed by atoms with Crippen molar-refractivity contribution in [2.24, 2.45) is 29.6 Å². The predicted octanol–water partition coefficient (Wildman–Crippen LogP) is 14.0. The van der Waals surface area contributed by atoms with Crippen LogP contribution in [0.25, 0.3) is 0 Å². The van der Waals surface area contributed by atoms with E-state index >= 15 is 0 Å².